The third kappa shape index (κ3) is 5.37. The summed E-state index contributed by atoms with van der Waals surface area (Å²) >= 11 is 12.2. The van der Waals surface area contributed by atoms with Gasteiger partial charge in [-0.3, -0.25) is 9.10 Å². The monoisotopic (exact) mass is 446 g/mol. The lowest BCUT2D eigenvalue weighted by molar-refractivity contribution is -0.122. The highest BCUT2D eigenvalue weighted by molar-refractivity contribution is 7.92. The summed E-state index contributed by atoms with van der Waals surface area (Å²) in [5.74, 6) is -0.881. The Balaban J connectivity index is 2.36. The topological polar surface area (TPSA) is 66.5 Å². The molecule has 2 aromatic rings. The molecule has 0 unspecified atom stereocenters. The molecule has 2 atom stereocenters. The van der Waals surface area contributed by atoms with Crippen LogP contribution >= 0.6 is 23.2 Å². The Kier molecular flexibility index (Phi) is 7.31. The number of benzene rings is 2. The van der Waals surface area contributed by atoms with Crippen molar-refractivity contribution in [3.63, 3.8) is 0 Å². The van der Waals surface area contributed by atoms with Crippen molar-refractivity contribution in [2.75, 3.05) is 10.6 Å². The van der Waals surface area contributed by atoms with Gasteiger partial charge in [-0.25, -0.2) is 12.8 Å². The van der Waals surface area contributed by atoms with Crippen LogP contribution in [-0.4, -0.2) is 26.6 Å². The number of carbonyl (C=O) groups excluding carboxylic acids is 1. The fraction of sp³-hybridized carbons (Fsp3) is 0.316. The molecule has 5 nitrogen and oxygen atoms in total. The van der Waals surface area contributed by atoms with Crippen molar-refractivity contribution < 1.29 is 17.6 Å². The van der Waals surface area contributed by atoms with Gasteiger partial charge in [0.2, 0.25) is 15.9 Å². The zero-order valence-electron chi connectivity index (χ0n) is 15.6. The van der Waals surface area contributed by atoms with Gasteiger partial charge in [0.25, 0.3) is 0 Å². The van der Waals surface area contributed by atoms with Gasteiger partial charge in [-0.05, 0) is 49.2 Å². The smallest absolute Gasteiger partial charge is 0.244 e. The molecule has 0 aliphatic heterocycles. The number of nitrogens with one attached hydrogen (secondary N) is 1. The van der Waals surface area contributed by atoms with Crippen molar-refractivity contribution in [2.45, 2.75) is 32.4 Å². The minimum Gasteiger partial charge on any atom is -0.348 e. The first-order valence-corrected chi connectivity index (χ1v) is 11.1. The van der Waals surface area contributed by atoms with Crippen molar-refractivity contribution in [3.05, 3.63) is 63.9 Å². The zero-order valence-corrected chi connectivity index (χ0v) is 17.9. The summed E-state index contributed by atoms with van der Waals surface area (Å²) in [5.41, 5.74) is 0.824. The molecule has 0 spiro atoms. The Bertz CT molecular complexity index is 952. The summed E-state index contributed by atoms with van der Waals surface area (Å²) in [6.45, 7) is 3.43. The Morgan fingerprint density at radius 3 is 2.32 bits per heavy atom. The highest BCUT2D eigenvalue weighted by Crippen LogP contribution is 2.33. The van der Waals surface area contributed by atoms with Crippen LogP contribution in [0.1, 0.15) is 31.9 Å². The first-order valence-electron chi connectivity index (χ1n) is 8.55. The number of anilines is 1. The van der Waals surface area contributed by atoms with Crippen LogP contribution in [0.2, 0.25) is 10.0 Å². The molecule has 0 bridgehead atoms. The molecule has 0 aliphatic carbocycles. The Labute approximate surface area is 174 Å². The van der Waals surface area contributed by atoms with Gasteiger partial charge in [0.15, 0.2) is 0 Å². The van der Waals surface area contributed by atoms with Crippen molar-refractivity contribution in [1.82, 2.24) is 5.32 Å². The minimum atomic E-state index is -3.84. The van der Waals surface area contributed by atoms with Crippen molar-refractivity contribution in [1.29, 1.82) is 0 Å². The van der Waals surface area contributed by atoms with Gasteiger partial charge >= 0.3 is 0 Å². The third-order valence-electron chi connectivity index (χ3n) is 4.20. The quantitative estimate of drug-likeness (QED) is 0.677. The molecular formula is C19H21Cl2FN2O3S. The maximum atomic E-state index is 13.1. The van der Waals surface area contributed by atoms with E-state index in [4.69, 9.17) is 23.2 Å². The van der Waals surface area contributed by atoms with Gasteiger partial charge in [0.05, 0.1) is 23.0 Å². The molecule has 28 heavy (non-hydrogen) atoms. The minimum absolute atomic E-state index is 0.133. The first kappa shape index (κ1) is 22.5. The van der Waals surface area contributed by atoms with E-state index in [9.17, 15) is 17.6 Å². The van der Waals surface area contributed by atoms with Crippen LogP contribution in [0.15, 0.2) is 42.5 Å². The second kappa shape index (κ2) is 9.11. The van der Waals surface area contributed by atoms with Gasteiger partial charge < -0.3 is 5.32 Å². The van der Waals surface area contributed by atoms with E-state index >= 15 is 0 Å². The van der Waals surface area contributed by atoms with E-state index in [2.05, 4.69) is 5.32 Å². The SMILES string of the molecule is CC[C@@H](C(=O)N[C@@H](C)c1ccc(F)cc1)N(c1cc(Cl)ccc1Cl)S(C)(=O)=O. The normalized spacial score (nSPS) is 13.6. The molecule has 0 saturated heterocycles. The zero-order chi connectivity index (χ0) is 21.1. The lowest BCUT2D eigenvalue weighted by atomic mass is 10.1. The van der Waals surface area contributed by atoms with E-state index in [1.54, 1.807) is 26.0 Å². The van der Waals surface area contributed by atoms with E-state index < -0.39 is 28.0 Å². The fourth-order valence-corrected chi connectivity index (χ4v) is 4.47. The van der Waals surface area contributed by atoms with Crippen LogP contribution in [0.25, 0.3) is 0 Å². The summed E-state index contributed by atoms with van der Waals surface area (Å²) in [6.07, 6.45) is 1.21. The molecule has 0 saturated carbocycles. The summed E-state index contributed by atoms with van der Waals surface area (Å²) < 4.78 is 39.1. The number of amides is 1. The second-order valence-electron chi connectivity index (χ2n) is 6.36. The predicted molar refractivity (Wildman–Crippen MR) is 111 cm³/mol. The molecule has 0 aromatic heterocycles. The molecule has 152 valence electrons. The molecule has 0 radical (unpaired) electrons. The van der Waals surface area contributed by atoms with Gasteiger partial charge in [-0.1, -0.05) is 42.3 Å². The maximum absolute atomic E-state index is 13.1. The molecule has 0 aliphatic rings. The molecule has 0 fully saturated rings. The number of rotatable bonds is 7. The van der Waals surface area contributed by atoms with Crippen LogP contribution in [0.4, 0.5) is 10.1 Å². The highest BCUT2D eigenvalue weighted by Gasteiger charge is 2.33. The largest absolute Gasteiger partial charge is 0.348 e. The van der Waals surface area contributed by atoms with E-state index in [0.29, 0.717) is 10.6 Å². The second-order valence-corrected chi connectivity index (χ2v) is 9.06. The van der Waals surface area contributed by atoms with Crippen molar-refractivity contribution >= 4 is 44.8 Å². The van der Waals surface area contributed by atoms with Gasteiger partial charge in [0, 0.05) is 5.02 Å². The average Bonchev–Trinajstić information content (AvgIpc) is 2.61. The summed E-state index contributed by atoms with van der Waals surface area (Å²) in [7, 11) is -3.84. The lowest BCUT2D eigenvalue weighted by Gasteiger charge is -2.31. The number of hydrogen-bond donors (Lipinski definition) is 1. The number of nitrogens with zero attached hydrogens (tertiary/aromatic N) is 1. The Hall–Kier alpha value is -1.83. The van der Waals surface area contributed by atoms with E-state index in [0.717, 1.165) is 10.6 Å². The van der Waals surface area contributed by atoms with Crippen LogP contribution in [-0.2, 0) is 14.8 Å². The molecule has 1 N–H and O–H groups in total. The van der Waals surface area contributed by atoms with E-state index in [-0.39, 0.29) is 22.9 Å². The van der Waals surface area contributed by atoms with Crippen LogP contribution in [0.3, 0.4) is 0 Å². The van der Waals surface area contributed by atoms with Gasteiger partial charge in [-0.15, -0.1) is 0 Å². The fourth-order valence-electron chi connectivity index (χ4n) is 2.83. The van der Waals surface area contributed by atoms with Crippen LogP contribution in [0, 0.1) is 5.82 Å². The molecule has 0 heterocycles. The third-order valence-corrected chi connectivity index (χ3v) is 5.92. The number of carbonyl (C=O) groups is 1. The molecule has 1 amide bonds. The van der Waals surface area contributed by atoms with Gasteiger partial charge in [0.1, 0.15) is 11.9 Å². The summed E-state index contributed by atoms with van der Waals surface area (Å²) in [4.78, 5) is 12.9. The number of hydrogen-bond acceptors (Lipinski definition) is 3. The number of halogens is 3. The van der Waals surface area contributed by atoms with Gasteiger partial charge in [-0.2, -0.15) is 0 Å². The predicted octanol–water partition coefficient (Wildman–Crippen LogP) is 4.55. The first-order chi connectivity index (χ1) is 13.0. The van der Waals surface area contributed by atoms with Crippen molar-refractivity contribution in [2.24, 2.45) is 0 Å². The molecule has 2 rings (SSSR count). The Morgan fingerprint density at radius 1 is 1.18 bits per heavy atom. The summed E-state index contributed by atoms with van der Waals surface area (Å²) in [5, 5.41) is 3.23. The molecule has 2 aromatic carbocycles. The lowest BCUT2D eigenvalue weighted by Crippen LogP contribution is -2.49. The molecule has 9 heteroatoms. The van der Waals surface area contributed by atoms with E-state index in [1.165, 1.54) is 30.3 Å². The van der Waals surface area contributed by atoms with Crippen LogP contribution < -0.4 is 9.62 Å². The summed E-state index contributed by atoms with van der Waals surface area (Å²) in [6, 6.07) is 8.65. The average molecular weight is 447 g/mol. The van der Waals surface area contributed by atoms with E-state index in [1.807, 2.05) is 0 Å². The Morgan fingerprint density at radius 2 is 1.79 bits per heavy atom. The molecular weight excluding hydrogens is 426 g/mol. The van der Waals surface area contributed by atoms with Crippen LogP contribution in [0.5, 0.6) is 0 Å². The standard InChI is InChI=1S/C19H21Cl2FN2O3S/c1-4-17(19(25)23-12(2)13-5-8-15(22)9-6-13)24(28(3,26)27)18-11-14(20)7-10-16(18)21/h5-12,17H,4H2,1-3H3,(H,23,25)/t12-,17-/m0/s1. The maximum Gasteiger partial charge on any atom is 0.244 e. The number of sulfonamides is 1. The van der Waals surface area contributed by atoms with Crippen molar-refractivity contribution in [3.8, 4) is 0 Å². The highest BCUT2D eigenvalue weighted by atomic mass is 35.5.